The maximum Gasteiger partial charge on any atom is 0.0998 e. The molecule has 0 fully saturated rings. The Labute approximate surface area is 97.6 Å². The summed E-state index contributed by atoms with van der Waals surface area (Å²) < 4.78 is 0. The van der Waals surface area contributed by atoms with Crippen molar-refractivity contribution in [3.63, 3.8) is 0 Å². The van der Waals surface area contributed by atoms with E-state index < -0.39 is 0 Å². The molecular weight excluding hydrogens is 196 g/mol. The fraction of sp³-hybridized carbons (Fsp3) is 0.500. The summed E-state index contributed by atoms with van der Waals surface area (Å²) in [6.45, 7) is 6.31. The van der Waals surface area contributed by atoms with Gasteiger partial charge < -0.3 is 5.73 Å². The number of fused-ring (bicyclic) bond motifs is 1. The van der Waals surface area contributed by atoms with Crippen molar-refractivity contribution in [3.8, 4) is 0 Å². The quantitative estimate of drug-likeness (QED) is 0.568. The molecule has 1 unspecified atom stereocenters. The topological polar surface area (TPSA) is 38.4 Å². The minimum absolute atomic E-state index is 0.0302. The Hall–Kier alpha value is -1.31. The minimum atomic E-state index is -0.0302. The third-order valence-electron chi connectivity index (χ3n) is 3.16. The molecule has 2 rings (SSSR count). The largest absolute Gasteiger partial charge is 0.387 e. The van der Waals surface area contributed by atoms with Crippen molar-refractivity contribution >= 4 is 5.84 Å². The Bertz CT molecular complexity index is 413. The van der Waals surface area contributed by atoms with E-state index in [1.165, 1.54) is 11.1 Å². The van der Waals surface area contributed by atoms with Gasteiger partial charge in [-0.3, -0.25) is 4.99 Å². The van der Waals surface area contributed by atoms with E-state index in [0.29, 0.717) is 0 Å². The average molecular weight is 216 g/mol. The second-order valence-corrected chi connectivity index (χ2v) is 5.52. The molecule has 2 nitrogen and oxygen atoms in total. The molecule has 0 saturated carbocycles. The van der Waals surface area contributed by atoms with Crippen molar-refractivity contribution in [2.24, 2.45) is 16.1 Å². The highest BCUT2D eigenvalue weighted by Gasteiger charge is 2.23. The average Bonchev–Trinajstić information content (AvgIpc) is 2.61. The number of nitrogens with two attached hydrogens (primary N) is 1. The predicted molar refractivity (Wildman–Crippen MR) is 68.6 cm³/mol. The normalized spacial score (nSPS) is 20.9. The van der Waals surface area contributed by atoms with Gasteiger partial charge in [-0.05, 0) is 24.0 Å². The summed E-state index contributed by atoms with van der Waals surface area (Å²) in [5.74, 6) is 0.759. The van der Waals surface area contributed by atoms with Crippen molar-refractivity contribution in [2.75, 3.05) is 0 Å². The molecule has 0 bridgehead atoms. The summed E-state index contributed by atoms with van der Waals surface area (Å²) in [5.41, 5.74) is 8.79. The van der Waals surface area contributed by atoms with E-state index in [0.717, 1.165) is 18.7 Å². The molecule has 0 spiro atoms. The lowest BCUT2D eigenvalue weighted by atomic mass is 9.95. The van der Waals surface area contributed by atoms with Crippen LogP contribution in [0.5, 0.6) is 0 Å². The number of hydrogen-bond acceptors (Lipinski definition) is 1. The van der Waals surface area contributed by atoms with Gasteiger partial charge in [-0.2, -0.15) is 0 Å². The summed E-state index contributed by atoms with van der Waals surface area (Å²) >= 11 is 0. The molecule has 16 heavy (non-hydrogen) atoms. The molecule has 1 atom stereocenters. The fourth-order valence-corrected chi connectivity index (χ4v) is 2.03. The van der Waals surface area contributed by atoms with Gasteiger partial charge in [-0.15, -0.1) is 0 Å². The van der Waals surface area contributed by atoms with Gasteiger partial charge in [-0.25, -0.2) is 0 Å². The van der Waals surface area contributed by atoms with Crippen LogP contribution in [0.15, 0.2) is 29.3 Å². The second kappa shape index (κ2) is 3.93. The smallest absolute Gasteiger partial charge is 0.0998 e. The van der Waals surface area contributed by atoms with Crippen LogP contribution in [0.1, 0.15) is 44.4 Å². The highest BCUT2D eigenvalue weighted by Crippen LogP contribution is 2.34. The lowest BCUT2D eigenvalue weighted by molar-refractivity contribution is 0.571. The highest BCUT2D eigenvalue weighted by atomic mass is 14.9. The van der Waals surface area contributed by atoms with Gasteiger partial charge in [0.15, 0.2) is 0 Å². The number of aryl methyl sites for hydroxylation is 1. The number of rotatable bonds is 1. The first-order valence-electron chi connectivity index (χ1n) is 5.90. The van der Waals surface area contributed by atoms with Gasteiger partial charge in [0.25, 0.3) is 0 Å². The Morgan fingerprint density at radius 3 is 2.69 bits per heavy atom. The fourth-order valence-electron chi connectivity index (χ4n) is 2.03. The Morgan fingerprint density at radius 2 is 2.00 bits per heavy atom. The standard InChI is InChI=1S/C14H20N2/c1-14(2,3)13(15)16-12-9-8-10-6-4-5-7-11(10)12/h4-7,12H,8-9H2,1-3H3,(H2,15,16). The number of aliphatic imine (C=N–C) groups is 1. The van der Waals surface area contributed by atoms with Crippen molar-refractivity contribution in [3.05, 3.63) is 35.4 Å². The highest BCUT2D eigenvalue weighted by molar-refractivity contribution is 5.85. The molecule has 2 N–H and O–H groups in total. The van der Waals surface area contributed by atoms with Crippen LogP contribution in [0.25, 0.3) is 0 Å². The van der Waals surface area contributed by atoms with Crippen LogP contribution in [0.2, 0.25) is 0 Å². The number of benzene rings is 1. The lowest BCUT2D eigenvalue weighted by Crippen LogP contribution is -2.29. The van der Waals surface area contributed by atoms with E-state index in [1.807, 2.05) is 0 Å². The van der Waals surface area contributed by atoms with Crippen molar-refractivity contribution in [1.82, 2.24) is 0 Å². The maximum absolute atomic E-state index is 6.04. The van der Waals surface area contributed by atoms with Gasteiger partial charge >= 0.3 is 0 Å². The molecular formula is C14H20N2. The molecule has 1 aliphatic carbocycles. The zero-order chi connectivity index (χ0) is 11.8. The molecule has 0 heterocycles. The molecule has 86 valence electrons. The van der Waals surface area contributed by atoms with E-state index in [1.54, 1.807) is 0 Å². The monoisotopic (exact) mass is 216 g/mol. The third-order valence-corrected chi connectivity index (χ3v) is 3.16. The molecule has 2 heteroatoms. The van der Waals surface area contributed by atoms with Crippen LogP contribution in [-0.4, -0.2) is 5.84 Å². The number of nitrogens with zero attached hydrogens (tertiary/aromatic N) is 1. The van der Waals surface area contributed by atoms with Crippen LogP contribution < -0.4 is 5.73 Å². The minimum Gasteiger partial charge on any atom is -0.387 e. The summed E-state index contributed by atoms with van der Waals surface area (Å²) in [7, 11) is 0. The summed E-state index contributed by atoms with van der Waals surface area (Å²) in [6.07, 6.45) is 2.22. The molecule has 0 aliphatic heterocycles. The van der Waals surface area contributed by atoms with E-state index in [-0.39, 0.29) is 11.5 Å². The van der Waals surface area contributed by atoms with Crippen molar-refractivity contribution in [2.45, 2.75) is 39.7 Å². The second-order valence-electron chi connectivity index (χ2n) is 5.52. The SMILES string of the molecule is CC(C)(C)C(N)=NC1CCc2ccccc21. The van der Waals surface area contributed by atoms with E-state index in [2.05, 4.69) is 50.0 Å². The Morgan fingerprint density at radius 1 is 1.31 bits per heavy atom. The molecule has 0 radical (unpaired) electrons. The predicted octanol–water partition coefficient (Wildman–Crippen LogP) is 3.08. The molecule has 1 aliphatic rings. The Balaban J connectivity index is 2.27. The summed E-state index contributed by atoms with van der Waals surface area (Å²) in [4.78, 5) is 4.68. The first kappa shape index (κ1) is 11.2. The van der Waals surface area contributed by atoms with Crippen molar-refractivity contribution in [1.29, 1.82) is 0 Å². The molecule has 0 saturated heterocycles. The molecule has 1 aromatic carbocycles. The van der Waals surface area contributed by atoms with E-state index in [9.17, 15) is 0 Å². The van der Waals surface area contributed by atoms with Gasteiger partial charge in [0.2, 0.25) is 0 Å². The van der Waals surface area contributed by atoms with E-state index >= 15 is 0 Å². The van der Waals surface area contributed by atoms with Gasteiger partial charge in [0.05, 0.1) is 11.9 Å². The van der Waals surface area contributed by atoms with Crippen LogP contribution in [0.4, 0.5) is 0 Å². The zero-order valence-electron chi connectivity index (χ0n) is 10.3. The molecule has 1 aromatic rings. The van der Waals surface area contributed by atoms with Crippen LogP contribution in [0.3, 0.4) is 0 Å². The maximum atomic E-state index is 6.04. The van der Waals surface area contributed by atoms with Crippen molar-refractivity contribution < 1.29 is 0 Å². The molecule has 0 amide bonds. The van der Waals surface area contributed by atoms with Crippen LogP contribution >= 0.6 is 0 Å². The van der Waals surface area contributed by atoms with Gasteiger partial charge in [0, 0.05) is 5.41 Å². The van der Waals surface area contributed by atoms with E-state index in [4.69, 9.17) is 5.73 Å². The first-order valence-corrected chi connectivity index (χ1v) is 5.90. The Kier molecular flexibility index (Phi) is 2.75. The van der Waals surface area contributed by atoms with Crippen LogP contribution in [-0.2, 0) is 6.42 Å². The zero-order valence-corrected chi connectivity index (χ0v) is 10.3. The first-order chi connectivity index (χ1) is 7.48. The lowest BCUT2D eigenvalue weighted by Gasteiger charge is -2.19. The molecule has 0 aromatic heterocycles. The summed E-state index contributed by atoms with van der Waals surface area (Å²) in [5, 5.41) is 0. The number of hydrogen-bond donors (Lipinski definition) is 1. The summed E-state index contributed by atoms with van der Waals surface area (Å²) in [6, 6.07) is 8.82. The van der Waals surface area contributed by atoms with Gasteiger partial charge in [-0.1, -0.05) is 45.0 Å². The van der Waals surface area contributed by atoms with Crippen LogP contribution in [0, 0.1) is 5.41 Å². The van der Waals surface area contributed by atoms with Gasteiger partial charge in [0.1, 0.15) is 0 Å². The number of amidine groups is 1. The third kappa shape index (κ3) is 2.11.